The molecule has 0 aliphatic carbocycles. The average molecular weight is 486 g/mol. The van der Waals surface area contributed by atoms with Crippen molar-refractivity contribution in [2.75, 3.05) is 46.4 Å². The van der Waals surface area contributed by atoms with Gasteiger partial charge < -0.3 is 19.3 Å². The molecule has 2 aliphatic heterocycles. The lowest BCUT2D eigenvalue weighted by Gasteiger charge is -2.46. The summed E-state index contributed by atoms with van der Waals surface area (Å²) in [5, 5.41) is 0.830. The third-order valence-electron chi connectivity index (χ3n) is 5.91. The summed E-state index contributed by atoms with van der Waals surface area (Å²) in [7, 11) is 1.32. The van der Waals surface area contributed by atoms with E-state index in [0.717, 1.165) is 31.5 Å². The Hall–Kier alpha value is -2.03. The van der Waals surface area contributed by atoms with Crippen LogP contribution in [0, 0.1) is 0 Å². The average Bonchev–Trinajstić information content (AvgIpc) is 3.27. The summed E-state index contributed by atoms with van der Waals surface area (Å²) in [6, 6.07) is 4.46. The molecular formula is C22H29Cl2N3O5. The molecule has 2 atom stereocenters. The van der Waals surface area contributed by atoms with Crippen molar-refractivity contribution >= 4 is 41.2 Å². The van der Waals surface area contributed by atoms with Gasteiger partial charge in [-0.25, -0.2) is 4.79 Å². The van der Waals surface area contributed by atoms with Crippen LogP contribution in [0.25, 0.3) is 0 Å². The van der Waals surface area contributed by atoms with E-state index in [9.17, 15) is 14.4 Å². The predicted molar refractivity (Wildman–Crippen MR) is 121 cm³/mol. The Morgan fingerprint density at radius 1 is 1.03 bits per heavy atom. The van der Waals surface area contributed by atoms with E-state index in [0.29, 0.717) is 23.1 Å². The molecule has 3 rings (SSSR count). The maximum atomic E-state index is 13.4. The largest absolute Gasteiger partial charge is 0.464 e. The van der Waals surface area contributed by atoms with Gasteiger partial charge in [-0.2, -0.15) is 0 Å². The number of methoxy groups -OCH3 is 1. The fourth-order valence-corrected chi connectivity index (χ4v) is 4.62. The van der Waals surface area contributed by atoms with E-state index in [4.69, 9.17) is 32.7 Å². The van der Waals surface area contributed by atoms with Crippen LogP contribution in [0.4, 0.5) is 4.79 Å². The second-order valence-electron chi connectivity index (χ2n) is 8.21. The number of rotatable bonds is 6. The number of nitrogens with zero attached hydrogens (tertiary/aromatic N) is 3. The predicted octanol–water partition coefficient (Wildman–Crippen LogP) is 2.84. The van der Waals surface area contributed by atoms with Gasteiger partial charge in [-0.3, -0.25) is 14.5 Å². The minimum atomic E-state index is -0.495. The van der Waals surface area contributed by atoms with Crippen LogP contribution in [-0.2, 0) is 25.5 Å². The molecule has 1 aromatic rings. The molecule has 1 aromatic carbocycles. The van der Waals surface area contributed by atoms with Crippen molar-refractivity contribution in [3.05, 3.63) is 33.8 Å². The van der Waals surface area contributed by atoms with Crippen molar-refractivity contribution in [2.24, 2.45) is 0 Å². The zero-order valence-electron chi connectivity index (χ0n) is 18.4. The first-order chi connectivity index (χ1) is 15.3. The minimum Gasteiger partial charge on any atom is -0.464 e. The Kier molecular flexibility index (Phi) is 8.62. The van der Waals surface area contributed by atoms with Gasteiger partial charge in [0.2, 0.25) is 5.91 Å². The van der Waals surface area contributed by atoms with Crippen LogP contribution in [0.2, 0.25) is 10.0 Å². The van der Waals surface area contributed by atoms with Crippen molar-refractivity contribution in [3.8, 4) is 0 Å². The van der Waals surface area contributed by atoms with Gasteiger partial charge in [0.1, 0.15) is 6.61 Å². The lowest BCUT2D eigenvalue weighted by molar-refractivity contribution is -0.145. The van der Waals surface area contributed by atoms with Gasteiger partial charge in [0.05, 0.1) is 35.7 Å². The van der Waals surface area contributed by atoms with Gasteiger partial charge in [-0.1, -0.05) is 29.3 Å². The smallest absolute Gasteiger partial charge is 0.409 e. The van der Waals surface area contributed by atoms with E-state index in [1.165, 1.54) is 14.0 Å². The highest BCUT2D eigenvalue weighted by Crippen LogP contribution is 2.25. The normalized spacial score (nSPS) is 21.5. The standard InChI is InChI=1S/C22H29Cl2N3O5/c1-15(28)32-14-18-13-26(21(29)10-16-5-6-19(23)20(24)9-16)17(11-25-7-3-4-8-25)12-27(18)22(30)31-2/h5-6,9,17-18H,3-4,7-8,10-14H2,1-2H3. The fourth-order valence-electron chi connectivity index (χ4n) is 4.30. The van der Waals surface area contributed by atoms with E-state index in [1.54, 1.807) is 28.0 Å². The molecule has 0 radical (unpaired) electrons. The maximum Gasteiger partial charge on any atom is 0.409 e. The summed E-state index contributed by atoms with van der Waals surface area (Å²) >= 11 is 12.1. The van der Waals surface area contributed by atoms with Crippen LogP contribution >= 0.6 is 23.2 Å². The summed E-state index contributed by atoms with van der Waals surface area (Å²) in [4.78, 5) is 42.9. The molecule has 32 heavy (non-hydrogen) atoms. The first-order valence-corrected chi connectivity index (χ1v) is 11.5. The number of carbonyl (C=O) groups excluding carboxylic acids is 3. The number of benzene rings is 1. The topological polar surface area (TPSA) is 79.4 Å². The molecule has 10 heteroatoms. The van der Waals surface area contributed by atoms with Crippen LogP contribution in [0.3, 0.4) is 0 Å². The van der Waals surface area contributed by atoms with Crippen LogP contribution in [-0.4, -0.2) is 91.2 Å². The Labute approximate surface area is 198 Å². The molecular weight excluding hydrogens is 457 g/mol. The highest BCUT2D eigenvalue weighted by molar-refractivity contribution is 6.42. The fraction of sp³-hybridized carbons (Fsp3) is 0.591. The van der Waals surface area contributed by atoms with Gasteiger partial charge in [0.15, 0.2) is 0 Å². The van der Waals surface area contributed by atoms with Gasteiger partial charge in [-0.15, -0.1) is 0 Å². The molecule has 2 aliphatic rings. The van der Waals surface area contributed by atoms with Gasteiger partial charge in [-0.05, 0) is 43.6 Å². The number of ether oxygens (including phenoxy) is 2. The molecule has 8 nitrogen and oxygen atoms in total. The van der Waals surface area contributed by atoms with Crippen molar-refractivity contribution in [1.29, 1.82) is 0 Å². The third-order valence-corrected chi connectivity index (χ3v) is 6.65. The maximum absolute atomic E-state index is 13.4. The number of amides is 2. The molecule has 2 amide bonds. The Balaban J connectivity index is 1.81. The number of carbonyl (C=O) groups is 3. The number of hydrogen-bond donors (Lipinski definition) is 0. The lowest BCUT2D eigenvalue weighted by atomic mass is 10.0. The molecule has 0 N–H and O–H groups in total. The monoisotopic (exact) mass is 485 g/mol. The van der Waals surface area contributed by atoms with E-state index in [2.05, 4.69) is 4.90 Å². The number of halogens is 2. The number of hydrogen-bond acceptors (Lipinski definition) is 6. The van der Waals surface area contributed by atoms with Crippen molar-refractivity contribution < 1.29 is 23.9 Å². The Morgan fingerprint density at radius 2 is 1.72 bits per heavy atom. The number of esters is 1. The minimum absolute atomic E-state index is 0.00256. The summed E-state index contributed by atoms with van der Waals surface area (Å²) in [5.41, 5.74) is 0.760. The zero-order valence-corrected chi connectivity index (χ0v) is 19.9. The molecule has 2 saturated heterocycles. The van der Waals surface area contributed by atoms with E-state index in [1.807, 2.05) is 0 Å². The molecule has 0 bridgehead atoms. The second kappa shape index (κ2) is 11.2. The van der Waals surface area contributed by atoms with Gasteiger partial charge >= 0.3 is 12.1 Å². The van der Waals surface area contributed by atoms with Crippen molar-refractivity contribution in [3.63, 3.8) is 0 Å². The molecule has 0 saturated carbocycles. The summed E-state index contributed by atoms with van der Waals surface area (Å²) in [6.07, 6.45) is 1.91. The first kappa shape index (κ1) is 24.6. The molecule has 2 fully saturated rings. The van der Waals surface area contributed by atoms with Gasteiger partial charge in [0, 0.05) is 26.6 Å². The highest BCUT2D eigenvalue weighted by Gasteiger charge is 2.40. The Morgan fingerprint density at radius 3 is 2.34 bits per heavy atom. The SMILES string of the molecule is COC(=O)N1CC(CN2CCCC2)N(C(=O)Cc2ccc(Cl)c(Cl)c2)CC1COC(C)=O. The second-order valence-corrected chi connectivity index (χ2v) is 9.03. The summed E-state index contributed by atoms with van der Waals surface area (Å²) < 4.78 is 10.1. The van der Waals surface area contributed by atoms with E-state index in [-0.39, 0.29) is 31.5 Å². The van der Waals surface area contributed by atoms with E-state index < -0.39 is 18.1 Å². The number of piperazine rings is 1. The molecule has 2 unspecified atom stereocenters. The Bertz CT molecular complexity index is 847. The molecule has 2 heterocycles. The van der Waals surface area contributed by atoms with Crippen molar-refractivity contribution in [1.82, 2.24) is 14.7 Å². The first-order valence-electron chi connectivity index (χ1n) is 10.7. The van der Waals surface area contributed by atoms with Crippen LogP contribution < -0.4 is 0 Å². The van der Waals surface area contributed by atoms with Crippen LogP contribution in [0.1, 0.15) is 25.3 Å². The summed E-state index contributed by atoms with van der Waals surface area (Å²) in [5.74, 6) is -0.521. The highest BCUT2D eigenvalue weighted by atomic mass is 35.5. The quantitative estimate of drug-likeness (QED) is 0.576. The van der Waals surface area contributed by atoms with Crippen LogP contribution in [0.15, 0.2) is 18.2 Å². The van der Waals surface area contributed by atoms with Gasteiger partial charge in [0.25, 0.3) is 0 Å². The molecule has 176 valence electrons. The summed E-state index contributed by atoms with van der Waals surface area (Å²) in [6.45, 7) is 4.48. The van der Waals surface area contributed by atoms with Crippen LogP contribution in [0.5, 0.6) is 0 Å². The molecule has 0 spiro atoms. The van der Waals surface area contributed by atoms with Crippen molar-refractivity contribution in [2.45, 2.75) is 38.3 Å². The lowest BCUT2D eigenvalue weighted by Crippen LogP contribution is -2.64. The molecule has 0 aromatic heterocycles. The zero-order chi connectivity index (χ0) is 23.3. The van der Waals surface area contributed by atoms with E-state index >= 15 is 0 Å². The third kappa shape index (κ3) is 6.27. The number of likely N-dealkylation sites (tertiary alicyclic amines) is 1.